The third-order valence-corrected chi connectivity index (χ3v) is 5.38. The summed E-state index contributed by atoms with van der Waals surface area (Å²) in [5.74, 6) is 0. The van der Waals surface area contributed by atoms with Gasteiger partial charge in [0.05, 0.1) is 0 Å². The zero-order valence-corrected chi connectivity index (χ0v) is 8.39. The van der Waals surface area contributed by atoms with Gasteiger partial charge in [0.25, 0.3) is 0 Å². The van der Waals surface area contributed by atoms with E-state index in [1.807, 2.05) is 11.4 Å². The molecule has 0 aromatic heterocycles. The lowest BCUT2D eigenvalue weighted by molar-refractivity contribution is 0.777. The van der Waals surface area contributed by atoms with Gasteiger partial charge in [0, 0.05) is 0 Å². The molecule has 0 saturated heterocycles. The fourth-order valence-corrected chi connectivity index (χ4v) is 2.46. The Bertz CT molecular complexity index is 56.9. The predicted molar refractivity (Wildman–Crippen MR) is 50.8 cm³/mol. The van der Waals surface area contributed by atoms with Gasteiger partial charge in [-0.2, -0.15) is 0 Å². The highest BCUT2D eigenvalue weighted by Crippen LogP contribution is 2.44. The quantitative estimate of drug-likeness (QED) is 0.442. The molecular formula is C7H17PS. The van der Waals surface area contributed by atoms with Crippen molar-refractivity contribution in [3.8, 4) is 0 Å². The SMILES string of the molecule is CCCCCP(C)SC. The van der Waals surface area contributed by atoms with Crippen LogP contribution in [-0.4, -0.2) is 19.1 Å². The Balaban J connectivity index is 2.88. The minimum absolute atomic E-state index is 0.327. The minimum Gasteiger partial charge on any atom is -0.138 e. The first-order chi connectivity index (χ1) is 4.31. The van der Waals surface area contributed by atoms with E-state index in [0.29, 0.717) is 7.12 Å². The van der Waals surface area contributed by atoms with Gasteiger partial charge in [0.2, 0.25) is 0 Å². The van der Waals surface area contributed by atoms with Crippen molar-refractivity contribution in [2.75, 3.05) is 19.1 Å². The molecule has 0 rings (SSSR count). The van der Waals surface area contributed by atoms with Crippen LogP contribution in [0.25, 0.3) is 0 Å². The largest absolute Gasteiger partial charge is 0.138 e. The highest BCUT2D eigenvalue weighted by atomic mass is 32.7. The van der Waals surface area contributed by atoms with E-state index in [-0.39, 0.29) is 0 Å². The van der Waals surface area contributed by atoms with Crippen molar-refractivity contribution in [1.29, 1.82) is 0 Å². The summed E-state index contributed by atoms with van der Waals surface area (Å²) >= 11 is 2.04. The molecule has 1 unspecified atom stereocenters. The summed E-state index contributed by atoms with van der Waals surface area (Å²) in [5, 5.41) is 0. The molecule has 0 aromatic carbocycles. The Morgan fingerprint density at radius 2 is 2.00 bits per heavy atom. The zero-order chi connectivity index (χ0) is 7.11. The lowest BCUT2D eigenvalue weighted by Gasteiger charge is -2.05. The van der Waals surface area contributed by atoms with Gasteiger partial charge < -0.3 is 0 Å². The van der Waals surface area contributed by atoms with E-state index in [0.717, 1.165) is 0 Å². The van der Waals surface area contributed by atoms with Gasteiger partial charge in [-0.1, -0.05) is 26.9 Å². The second kappa shape index (κ2) is 6.89. The smallest absolute Gasteiger partial charge is 0.0142 e. The predicted octanol–water partition coefficient (Wildman–Crippen LogP) is 3.57. The Kier molecular flexibility index (Phi) is 7.49. The van der Waals surface area contributed by atoms with Crippen molar-refractivity contribution in [1.82, 2.24) is 0 Å². The number of hydrogen-bond acceptors (Lipinski definition) is 1. The summed E-state index contributed by atoms with van der Waals surface area (Å²) in [5.41, 5.74) is 0. The monoisotopic (exact) mass is 164 g/mol. The van der Waals surface area contributed by atoms with Crippen LogP contribution in [0.1, 0.15) is 26.2 Å². The first-order valence-electron chi connectivity index (χ1n) is 3.56. The molecule has 0 spiro atoms. The number of rotatable bonds is 5. The maximum atomic E-state index is 2.37. The van der Waals surface area contributed by atoms with Crippen molar-refractivity contribution >= 4 is 18.5 Å². The average molecular weight is 164 g/mol. The molecule has 0 nitrogen and oxygen atoms in total. The summed E-state index contributed by atoms with van der Waals surface area (Å²) in [6.45, 7) is 4.63. The van der Waals surface area contributed by atoms with Gasteiger partial charge in [-0.3, -0.25) is 0 Å². The van der Waals surface area contributed by atoms with E-state index >= 15 is 0 Å². The Morgan fingerprint density at radius 3 is 2.44 bits per heavy atom. The first kappa shape index (κ1) is 9.78. The van der Waals surface area contributed by atoms with E-state index < -0.39 is 0 Å². The topological polar surface area (TPSA) is 0 Å². The normalized spacial score (nSPS) is 13.7. The van der Waals surface area contributed by atoms with Gasteiger partial charge in [0.1, 0.15) is 0 Å². The van der Waals surface area contributed by atoms with E-state index in [1.165, 1.54) is 25.4 Å². The average Bonchev–Trinajstić information content (AvgIpc) is 1.89. The molecule has 0 N–H and O–H groups in total. The maximum Gasteiger partial charge on any atom is -0.0142 e. The Morgan fingerprint density at radius 1 is 1.33 bits per heavy atom. The summed E-state index contributed by atoms with van der Waals surface area (Å²) in [6.07, 6.45) is 7.91. The van der Waals surface area contributed by atoms with Crippen LogP contribution < -0.4 is 0 Å². The van der Waals surface area contributed by atoms with Crippen molar-refractivity contribution in [2.24, 2.45) is 0 Å². The molecule has 56 valence electrons. The van der Waals surface area contributed by atoms with Gasteiger partial charge >= 0.3 is 0 Å². The summed E-state index contributed by atoms with van der Waals surface area (Å²) in [4.78, 5) is 0. The van der Waals surface area contributed by atoms with Crippen molar-refractivity contribution in [3.05, 3.63) is 0 Å². The third-order valence-electron chi connectivity index (χ3n) is 1.39. The summed E-state index contributed by atoms with van der Waals surface area (Å²) < 4.78 is 0. The van der Waals surface area contributed by atoms with Crippen LogP contribution in [0.2, 0.25) is 0 Å². The van der Waals surface area contributed by atoms with Crippen LogP contribution in [0.3, 0.4) is 0 Å². The van der Waals surface area contributed by atoms with Gasteiger partial charge in [-0.15, -0.1) is 11.4 Å². The van der Waals surface area contributed by atoms with Crippen LogP contribution in [0.5, 0.6) is 0 Å². The molecule has 0 bridgehead atoms. The van der Waals surface area contributed by atoms with Crippen LogP contribution in [0.15, 0.2) is 0 Å². The molecule has 0 saturated carbocycles. The lowest BCUT2D eigenvalue weighted by atomic mass is 10.3. The minimum atomic E-state index is 0.327. The molecule has 0 aliphatic heterocycles. The fourth-order valence-electron chi connectivity index (χ4n) is 0.676. The second-order valence-corrected chi connectivity index (χ2v) is 7.27. The van der Waals surface area contributed by atoms with Crippen LogP contribution in [0.4, 0.5) is 0 Å². The van der Waals surface area contributed by atoms with Crippen LogP contribution in [-0.2, 0) is 0 Å². The molecule has 0 fully saturated rings. The second-order valence-electron chi connectivity index (χ2n) is 2.24. The highest BCUT2D eigenvalue weighted by Gasteiger charge is 1.95. The third kappa shape index (κ3) is 6.67. The van der Waals surface area contributed by atoms with Crippen LogP contribution in [0, 0.1) is 0 Å². The molecule has 0 aromatic rings. The number of hydrogen-bond donors (Lipinski definition) is 0. The molecule has 1 atom stereocenters. The molecule has 2 heteroatoms. The van der Waals surface area contributed by atoms with Crippen molar-refractivity contribution in [3.63, 3.8) is 0 Å². The lowest BCUT2D eigenvalue weighted by Crippen LogP contribution is -1.79. The van der Waals surface area contributed by atoms with Crippen molar-refractivity contribution < 1.29 is 0 Å². The molecule has 0 radical (unpaired) electrons. The molecule has 0 aliphatic rings. The fraction of sp³-hybridized carbons (Fsp3) is 1.00. The Hall–Kier alpha value is 0.780. The van der Waals surface area contributed by atoms with E-state index in [2.05, 4.69) is 19.8 Å². The zero-order valence-electron chi connectivity index (χ0n) is 6.68. The highest BCUT2D eigenvalue weighted by molar-refractivity contribution is 8.55. The van der Waals surface area contributed by atoms with Gasteiger partial charge in [0.15, 0.2) is 0 Å². The molecular weight excluding hydrogens is 147 g/mol. The van der Waals surface area contributed by atoms with E-state index in [9.17, 15) is 0 Å². The molecule has 0 heterocycles. The summed E-state index contributed by atoms with van der Waals surface area (Å²) in [6, 6.07) is 0. The molecule has 0 amide bonds. The van der Waals surface area contributed by atoms with E-state index in [4.69, 9.17) is 0 Å². The summed E-state index contributed by atoms with van der Waals surface area (Å²) in [7, 11) is 0.327. The van der Waals surface area contributed by atoms with Gasteiger partial charge in [-0.05, 0) is 25.5 Å². The Labute approximate surface area is 64.3 Å². The van der Waals surface area contributed by atoms with Crippen molar-refractivity contribution in [2.45, 2.75) is 26.2 Å². The molecule has 9 heavy (non-hydrogen) atoms. The first-order valence-corrected chi connectivity index (χ1v) is 7.37. The standard InChI is InChI=1S/C7H17PS/c1-4-5-6-7-8(2)9-3/h4-7H2,1-3H3. The van der Waals surface area contributed by atoms with E-state index in [1.54, 1.807) is 0 Å². The molecule has 0 aliphatic carbocycles. The van der Waals surface area contributed by atoms with Crippen LogP contribution >= 0.6 is 18.5 Å². The maximum absolute atomic E-state index is 2.37. The van der Waals surface area contributed by atoms with Gasteiger partial charge in [-0.25, -0.2) is 0 Å². The number of unbranched alkanes of at least 4 members (excludes halogenated alkanes) is 2.